The fraction of sp³-hybridized carbons (Fsp3) is 0.500. The van der Waals surface area contributed by atoms with Gasteiger partial charge < -0.3 is 15.5 Å². The Labute approximate surface area is 174 Å². The van der Waals surface area contributed by atoms with Gasteiger partial charge in [-0.3, -0.25) is 0 Å². The summed E-state index contributed by atoms with van der Waals surface area (Å²) < 4.78 is 22.7. The summed E-state index contributed by atoms with van der Waals surface area (Å²) in [6, 6.07) is 8.37. The summed E-state index contributed by atoms with van der Waals surface area (Å²) in [5.74, 6) is 1.21. The quantitative estimate of drug-likeness (QED) is 0.512. The highest BCUT2D eigenvalue weighted by Crippen LogP contribution is 2.18. The van der Waals surface area contributed by atoms with Gasteiger partial charge in [0.15, 0.2) is 0 Å². The lowest BCUT2D eigenvalue weighted by Crippen LogP contribution is -2.25. The fourth-order valence-electron chi connectivity index (χ4n) is 3.04. The van der Waals surface area contributed by atoms with Crippen molar-refractivity contribution in [2.75, 3.05) is 30.3 Å². The van der Waals surface area contributed by atoms with Crippen LogP contribution in [-0.4, -0.2) is 49.0 Å². The molecule has 160 valence electrons. The summed E-state index contributed by atoms with van der Waals surface area (Å²) in [5.41, 5.74) is 1.52. The van der Waals surface area contributed by atoms with Crippen LogP contribution >= 0.6 is 0 Å². The lowest BCUT2D eigenvalue weighted by molar-refractivity contribution is 0.295. The molecule has 0 radical (unpaired) electrons. The summed E-state index contributed by atoms with van der Waals surface area (Å²) in [5, 5.41) is 11.7. The molecule has 0 aliphatic heterocycles. The fourth-order valence-corrected chi connectivity index (χ4v) is 3.56. The Morgan fingerprint density at radius 3 is 2.38 bits per heavy atom. The predicted molar refractivity (Wildman–Crippen MR) is 118 cm³/mol. The predicted octanol–water partition coefficient (Wildman–Crippen LogP) is 3.10. The van der Waals surface area contributed by atoms with Gasteiger partial charge >= 0.3 is 0 Å². The van der Waals surface area contributed by atoms with Crippen molar-refractivity contribution in [3.63, 3.8) is 0 Å². The molecule has 0 saturated heterocycles. The molecule has 0 fully saturated rings. The number of nitrogens with two attached hydrogens (primary N) is 1. The molecule has 1 aromatic heterocycles. The Bertz CT molecular complexity index is 882. The summed E-state index contributed by atoms with van der Waals surface area (Å²) in [6.07, 6.45) is 2.18. The number of sulfonamides is 1. The van der Waals surface area contributed by atoms with Gasteiger partial charge in [-0.1, -0.05) is 13.8 Å². The number of hydrogen-bond acceptors (Lipinski definition) is 7. The third-order valence-corrected chi connectivity index (χ3v) is 5.62. The van der Waals surface area contributed by atoms with Gasteiger partial charge in [-0.15, -0.1) is 0 Å². The van der Waals surface area contributed by atoms with E-state index < -0.39 is 10.0 Å². The normalized spacial score (nSPS) is 12.8. The highest BCUT2D eigenvalue weighted by atomic mass is 32.2. The van der Waals surface area contributed by atoms with Gasteiger partial charge in [0.2, 0.25) is 16.0 Å². The van der Waals surface area contributed by atoms with E-state index in [-0.39, 0.29) is 4.90 Å². The number of benzene rings is 1. The summed E-state index contributed by atoms with van der Waals surface area (Å²) in [6.45, 7) is 11.7. The van der Waals surface area contributed by atoms with Gasteiger partial charge in [0.1, 0.15) is 5.82 Å². The van der Waals surface area contributed by atoms with Crippen LogP contribution in [-0.2, 0) is 10.0 Å². The average Bonchev–Trinajstić information content (AvgIpc) is 2.64. The maximum absolute atomic E-state index is 11.4. The molecule has 2 aromatic rings. The van der Waals surface area contributed by atoms with Crippen molar-refractivity contribution in [2.45, 2.75) is 51.5 Å². The van der Waals surface area contributed by atoms with Gasteiger partial charge in [-0.25, -0.2) is 18.5 Å². The van der Waals surface area contributed by atoms with Crippen molar-refractivity contribution in [2.24, 2.45) is 5.14 Å². The topological polar surface area (TPSA) is 113 Å². The minimum atomic E-state index is -3.71. The van der Waals surface area contributed by atoms with E-state index in [2.05, 4.69) is 46.3 Å². The molecule has 0 amide bonds. The van der Waals surface area contributed by atoms with E-state index in [0.717, 1.165) is 44.0 Å². The van der Waals surface area contributed by atoms with Crippen LogP contribution in [0, 0.1) is 6.92 Å². The largest absolute Gasteiger partial charge is 0.367 e. The molecule has 1 heterocycles. The molecule has 0 saturated carbocycles. The maximum Gasteiger partial charge on any atom is 0.238 e. The first kappa shape index (κ1) is 23.1. The van der Waals surface area contributed by atoms with E-state index in [1.807, 2.05) is 13.0 Å². The minimum Gasteiger partial charge on any atom is -0.367 e. The zero-order chi connectivity index (χ0) is 21.4. The minimum absolute atomic E-state index is 0.0640. The van der Waals surface area contributed by atoms with Gasteiger partial charge in [0.05, 0.1) is 4.90 Å². The average molecular weight is 421 g/mol. The SMILES string of the molecule is CCN(CC)CCCC(C)Nc1cc(C)nc(Nc2ccc(S(N)(=O)=O)cc2)n1. The highest BCUT2D eigenvalue weighted by Gasteiger charge is 2.09. The van der Waals surface area contributed by atoms with Crippen LogP contribution in [0.3, 0.4) is 0 Å². The number of anilines is 3. The Balaban J connectivity index is 1.98. The molecule has 4 N–H and O–H groups in total. The number of nitrogens with zero attached hydrogens (tertiary/aromatic N) is 3. The third-order valence-electron chi connectivity index (χ3n) is 4.69. The smallest absolute Gasteiger partial charge is 0.238 e. The van der Waals surface area contributed by atoms with Crippen LogP contribution in [0.1, 0.15) is 39.3 Å². The van der Waals surface area contributed by atoms with Gasteiger partial charge in [0.25, 0.3) is 0 Å². The first-order valence-electron chi connectivity index (χ1n) is 9.95. The van der Waals surface area contributed by atoms with Crippen LogP contribution in [0.4, 0.5) is 17.5 Å². The molecule has 0 spiro atoms. The molecule has 0 aliphatic carbocycles. The number of hydrogen-bond donors (Lipinski definition) is 3. The zero-order valence-corrected chi connectivity index (χ0v) is 18.5. The molecule has 0 aliphatic rings. The Kier molecular flexibility index (Phi) is 8.36. The summed E-state index contributed by atoms with van der Waals surface area (Å²) in [7, 11) is -3.71. The molecule has 1 unspecified atom stereocenters. The van der Waals surface area contributed by atoms with Crippen LogP contribution in [0.25, 0.3) is 0 Å². The van der Waals surface area contributed by atoms with Crippen molar-refractivity contribution >= 4 is 27.5 Å². The molecule has 29 heavy (non-hydrogen) atoms. The number of rotatable bonds is 11. The van der Waals surface area contributed by atoms with Gasteiger partial charge in [-0.2, -0.15) is 4.98 Å². The molecule has 1 atom stereocenters. The van der Waals surface area contributed by atoms with E-state index in [9.17, 15) is 8.42 Å². The second kappa shape index (κ2) is 10.5. The van der Waals surface area contributed by atoms with E-state index in [4.69, 9.17) is 5.14 Å². The third kappa shape index (κ3) is 7.60. The molecule has 1 aromatic carbocycles. The molecule has 9 heteroatoms. The summed E-state index contributed by atoms with van der Waals surface area (Å²) in [4.78, 5) is 11.4. The number of aromatic nitrogens is 2. The lowest BCUT2D eigenvalue weighted by Gasteiger charge is -2.20. The van der Waals surface area contributed by atoms with E-state index >= 15 is 0 Å². The van der Waals surface area contributed by atoms with Crippen LogP contribution < -0.4 is 15.8 Å². The molecule has 2 rings (SSSR count). The van der Waals surface area contributed by atoms with Crippen molar-refractivity contribution < 1.29 is 8.42 Å². The van der Waals surface area contributed by atoms with Gasteiger partial charge in [0, 0.05) is 23.5 Å². The molecule has 0 bridgehead atoms. The second-order valence-electron chi connectivity index (χ2n) is 7.13. The van der Waals surface area contributed by atoms with E-state index in [0.29, 0.717) is 17.7 Å². The molecular weight excluding hydrogens is 388 g/mol. The maximum atomic E-state index is 11.4. The first-order chi connectivity index (χ1) is 13.7. The summed E-state index contributed by atoms with van der Waals surface area (Å²) >= 11 is 0. The Hall–Kier alpha value is -2.23. The number of aryl methyl sites for hydroxylation is 1. The van der Waals surface area contributed by atoms with Crippen LogP contribution in [0.2, 0.25) is 0 Å². The molecular formula is C20H32N6O2S. The number of nitrogens with one attached hydrogen (secondary N) is 2. The van der Waals surface area contributed by atoms with Crippen molar-refractivity contribution in [1.29, 1.82) is 0 Å². The standard InChI is InChI=1S/C20H32N6O2S/c1-5-26(6-2)13-7-8-15(3)22-19-14-16(4)23-20(25-19)24-17-9-11-18(12-10-17)29(21,27)28/h9-12,14-15H,5-8,13H2,1-4H3,(H2,21,27,28)(H2,22,23,24,25). The number of primary sulfonamides is 1. The molecule has 8 nitrogen and oxygen atoms in total. The van der Waals surface area contributed by atoms with Crippen molar-refractivity contribution in [1.82, 2.24) is 14.9 Å². The zero-order valence-electron chi connectivity index (χ0n) is 17.6. The van der Waals surface area contributed by atoms with Crippen LogP contribution in [0.15, 0.2) is 35.2 Å². The lowest BCUT2D eigenvalue weighted by atomic mass is 10.1. The van der Waals surface area contributed by atoms with Crippen molar-refractivity contribution in [3.8, 4) is 0 Å². The Morgan fingerprint density at radius 2 is 1.79 bits per heavy atom. The monoisotopic (exact) mass is 420 g/mol. The Morgan fingerprint density at radius 1 is 1.14 bits per heavy atom. The second-order valence-corrected chi connectivity index (χ2v) is 8.69. The van der Waals surface area contributed by atoms with Crippen molar-refractivity contribution in [3.05, 3.63) is 36.0 Å². The van der Waals surface area contributed by atoms with E-state index in [1.54, 1.807) is 12.1 Å². The first-order valence-corrected chi connectivity index (χ1v) is 11.5. The van der Waals surface area contributed by atoms with Gasteiger partial charge in [-0.05, 0) is 70.6 Å². The highest BCUT2D eigenvalue weighted by molar-refractivity contribution is 7.89. The van der Waals surface area contributed by atoms with Crippen LogP contribution in [0.5, 0.6) is 0 Å². The van der Waals surface area contributed by atoms with E-state index in [1.165, 1.54) is 12.1 Å².